The van der Waals surface area contributed by atoms with Crippen molar-refractivity contribution in [3.8, 4) is 0 Å². The molecule has 26 heavy (non-hydrogen) atoms. The zero-order valence-electron chi connectivity index (χ0n) is 14.7. The van der Waals surface area contributed by atoms with Crippen LogP contribution in [0.3, 0.4) is 0 Å². The Morgan fingerprint density at radius 1 is 1.31 bits per heavy atom. The molecular weight excluding hydrogens is 363 g/mol. The largest absolute Gasteiger partial charge is 0.416 e. The van der Waals surface area contributed by atoms with Gasteiger partial charge >= 0.3 is 6.18 Å². The molecule has 0 saturated carbocycles. The molecule has 0 unspecified atom stereocenters. The van der Waals surface area contributed by atoms with Gasteiger partial charge in [0.2, 0.25) is 0 Å². The Hall–Kier alpha value is -2.13. The number of thiocarbonyl (C=S) groups is 1. The zero-order valence-corrected chi connectivity index (χ0v) is 15.5. The van der Waals surface area contributed by atoms with Gasteiger partial charge in [-0.15, -0.1) is 0 Å². The van der Waals surface area contributed by atoms with Crippen LogP contribution in [-0.2, 0) is 12.7 Å². The molecule has 142 valence electrons. The predicted octanol–water partition coefficient (Wildman–Crippen LogP) is 3.19. The van der Waals surface area contributed by atoms with Gasteiger partial charge in [-0.2, -0.15) is 18.3 Å². The number of anilines is 1. The lowest BCUT2D eigenvalue weighted by Crippen LogP contribution is -2.30. The van der Waals surface area contributed by atoms with Crippen LogP contribution in [0, 0.1) is 0 Å². The van der Waals surface area contributed by atoms with Crippen molar-refractivity contribution in [1.29, 1.82) is 0 Å². The summed E-state index contributed by atoms with van der Waals surface area (Å²) in [5, 5.41) is 10.8. The van der Waals surface area contributed by atoms with Crippen molar-refractivity contribution in [2.45, 2.75) is 19.1 Å². The molecule has 1 aromatic heterocycles. The molecule has 0 aliphatic heterocycles. The Kier molecular flexibility index (Phi) is 6.98. The lowest BCUT2D eigenvalue weighted by atomic mass is 10.1. The zero-order chi connectivity index (χ0) is 19.2. The van der Waals surface area contributed by atoms with Gasteiger partial charge in [0.1, 0.15) is 0 Å². The van der Waals surface area contributed by atoms with Crippen molar-refractivity contribution in [2.24, 2.45) is 0 Å². The summed E-state index contributed by atoms with van der Waals surface area (Å²) in [6.07, 6.45) is -0.101. The van der Waals surface area contributed by atoms with Crippen molar-refractivity contribution in [3.05, 3.63) is 47.8 Å². The monoisotopic (exact) mass is 385 g/mol. The van der Waals surface area contributed by atoms with Crippen LogP contribution in [0.5, 0.6) is 0 Å². The van der Waals surface area contributed by atoms with Gasteiger partial charge < -0.3 is 15.5 Å². The first kappa shape index (κ1) is 20.2. The second-order valence-electron chi connectivity index (χ2n) is 6.16. The summed E-state index contributed by atoms with van der Waals surface area (Å²) >= 11 is 5.21. The van der Waals surface area contributed by atoms with Gasteiger partial charge in [-0.05, 0) is 57.0 Å². The Labute approximate surface area is 156 Å². The first-order valence-electron chi connectivity index (χ1n) is 8.12. The number of nitrogens with one attached hydrogen (secondary N) is 2. The molecule has 1 aromatic carbocycles. The van der Waals surface area contributed by atoms with E-state index in [9.17, 15) is 13.2 Å². The third-order valence-corrected chi connectivity index (χ3v) is 3.80. The van der Waals surface area contributed by atoms with Crippen LogP contribution in [0.1, 0.15) is 17.5 Å². The molecule has 2 N–H and O–H groups in total. The lowest BCUT2D eigenvalue weighted by Gasteiger charge is -2.11. The standard InChI is InChI=1S/C17H22F3N5S/c1-24(2)8-4-7-21-16(26)23-15-10-22-25(12-15)11-13-5-3-6-14(9-13)17(18,19)20/h3,5-6,9-10,12H,4,7-8,11H2,1-2H3,(H2,21,23,26). The van der Waals surface area contributed by atoms with Crippen LogP contribution >= 0.6 is 12.2 Å². The van der Waals surface area contributed by atoms with E-state index in [1.165, 1.54) is 6.07 Å². The number of hydrogen-bond acceptors (Lipinski definition) is 3. The molecule has 0 spiro atoms. The summed E-state index contributed by atoms with van der Waals surface area (Å²) in [5.41, 5.74) is 0.546. The molecule has 0 aliphatic carbocycles. The molecular formula is C17H22F3N5S. The van der Waals surface area contributed by atoms with Gasteiger partial charge in [-0.1, -0.05) is 12.1 Å². The van der Waals surface area contributed by atoms with E-state index in [2.05, 4.69) is 20.6 Å². The summed E-state index contributed by atoms with van der Waals surface area (Å²) in [6.45, 7) is 1.96. The minimum Gasteiger partial charge on any atom is -0.362 e. The highest BCUT2D eigenvalue weighted by Crippen LogP contribution is 2.29. The Bertz CT molecular complexity index is 727. The maximum absolute atomic E-state index is 12.8. The van der Waals surface area contributed by atoms with E-state index >= 15 is 0 Å². The Morgan fingerprint density at radius 3 is 2.77 bits per heavy atom. The third-order valence-electron chi connectivity index (χ3n) is 3.56. The van der Waals surface area contributed by atoms with Crippen molar-refractivity contribution < 1.29 is 13.2 Å². The van der Waals surface area contributed by atoms with Gasteiger partial charge in [0.15, 0.2) is 5.11 Å². The van der Waals surface area contributed by atoms with Crippen LogP contribution in [0.4, 0.5) is 18.9 Å². The van der Waals surface area contributed by atoms with Crippen LogP contribution in [-0.4, -0.2) is 47.0 Å². The molecule has 1 heterocycles. The van der Waals surface area contributed by atoms with E-state index in [1.807, 2.05) is 14.1 Å². The number of benzene rings is 1. The molecule has 5 nitrogen and oxygen atoms in total. The van der Waals surface area contributed by atoms with Crippen molar-refractivity contribution in [3.63, 3.8) is 0 Å². The lowest BCUT2D eigenvalue weighted by molar-refractivity contribution is -0.137. The van der Waals surface area contributed by atoms with Crippen molar-refractivity contribution in [1.82, 2.24) is 20.0 Å². The summed E-state index contributed by atoms with van der Waals surface area (Å²) in [6, 6.07) is 5.22. The summed E-state index contributed by atoms with van der Waals surface area (Å²) in [5.74, 6) is 0. The highest BCUT2D eigenvalue weighted by atomic mass is 32.1. The van der Waals surface area contributed by atoms with E-state index in [-0.39, 0.29) is 6.54 Å². The van der Waals surface area contributed by atoms with Crippen molar-refractivity contribution >= 4 is 23.0 Å². The van der Waals surface area contributed by atoms with Gasteiger partial charge in [0.05, 0.1) is 24.0 Å². The summed E-state index contributed by atoms with van der Waals surface area (Å²) < 4.78 is 39.9. The summed E-state index contributed by atoms with van der Waals surface area (Å²) in [7, 11) is 4.02. The van der Waals surface area contributed by atoms with E-state index in [4.69, 9.17) is 12.2 Å². The molecule has 0 amide bonds. The Morgan fingerprint density at radius 2 is 2.08 bits per heavy atom. The summed E-state index contributed by atoms with van der Waals surface area (Å²) in [4.78, 5) is 2.09. The minimum absolute atomic E-state index is 0.245. The smallest absolute Gasteiger partial charge is 0.362 e. The molecule has 0 fully saturated rings. The number of hydrogen-bond donors (Lipinski definition) is 2. The van der Waals surface area contributed by atoms with Crippen LogP contribution in [0.25, 0.3) is 0 Å². The quantitative estimate of drug-likeness (QED) is 0.566. The number of nitrogens with zero attached hydrogens (tertiary/aromatic N) is 3. The highest BCUT2D eigenvalue weighted by Gasteiger charge is 2.30. The topological polar surface area (TPSA) is 45.1 Å². The fraction of sp³-hybridized carbons (Fsp3) is 0.412. The Balaban J connectivity index is 1.87. The highest BCUT2D eigenvalue weighted by molar-refractivity contribution is 7.80. The predicted molar refractivity (Wildman–Crippen MR) is 100 cm³/mol. The average molecular weight is 385 g/mol. The van der Waals surface area contributed by atoms with E-state index in [0.29, 0.717) is 16.4 Å². The molecule has 0 radical (unpaired) electrons. The fourth-order valence-electron chi connectivity index (χ4n) is 2.32. The van der Waals surface area contributed by atoms with Crippen molar-refractivity contribution in [2.75, 3.05) is 32.5 Å². The maximum Gasteiger partial charge on any atom is 0.416 e. The molecule has 2 rings (SSSR count). The number of rotatable bonds is 7. The van der Waals surface area contributed by atoms with E-state index < -0.39 is 11.7 Å². The molecule has 2 aromatic rings. The van der Waals surface area contributed by atoms with Gasteiger partial charge in [-0.3, -0.25) is 4.68 Å². The van der Waals surface area contributed by atoms with Gasteiger partial charge in [-0.25, -0.2) is 0 Å². The van der Waals surface area contributed by atoms with Crippen LogP contribution in [0.15, 0.2) is 36.7 Å². The van der Waals surface area contributed by atoms with E-state index in [0.717, 1.165) is 31.6 Å². The second kappa shape index (κ2) is 9.00. The molecule has 9 heteroatoms. The first-order chi connectivity index (χ1) is 12.2. The maximum atomic E-state index is 12.8. The average Bonchev–Trinajstić information content (AvgIpc) is 2.98. The first-order valence-corrected chi connectivity index (χ1v) is 8.53. The second-order valence-corrected chi connectivity index (χ2v) is 6.57. The SMILES string of the molecule is CN(C)CCCNC(=S)Nc1cnn(Cc2cccc(C(F)(F)F)c2)c1. The van der Waals surface area contributed by atoms with Gasteiger partial charge in [0.25, 0.3) is 0 Å². The van der Waals surface area contributed by atoms with Crippen LogP contribution in [0.2, 0.25) is 0 Å². The van der Waals surface area contributed by atoms with E-state index in [1.54, 1.807) is 23.1 Å². The molecule has 0 aliphatic rings. The number of halogens is 3. The van der Waals surface area contributed by atoms with Gasteiger partial charge in [0, 0.05) is 12.7 Å². The number of alkyl halides is 3. The minimum atomic E-state index is -4.35. The molecule has 0 atom stereocenters. The normalized spacial score (nSPS) is 11.6. The number of aromatic nitrogens is 2. The molecule has 0 saturated heterocycles. The fourth-order valence-corrected chi connectivity index (χ4v) is 2.54. The molecule has 0 bridgehead atoms. The van der Waals surface area contributed by atoms with Crippen LogP contribution < -0.4 is 10.6 Å². The third kappa shape index (κ3) is 6.64.